The van der Waals surface area contributed by atoms with E-state index in [0.717, 1.165) is 6.42 Å². The van der Waals surface area contributed by atoms with E-state index in [4.69, 9.17) is 0 Å². The number of aryl methyl sites for hydroxylation is 2. The zero-order chi connectivity index (χ0) is 13.0. The van der Waals surface area contributed by atoms with E-state index in [-0.39, 0.29) is 5.41 Å². The minimum absolute atomic E-state index is 0.242. The highest BCUT2D eigenvalue weighted by Gasteiger charge is 2.19. The Kier molecular flexibility index (Phi) is 3.86. The molecule has 0 aliphatic rings. The molecule has 2 rings (SSSR count). The van der Waals surface area contributed by atoms with Gasteiger partial charge in [0.25, 0.3) is 0 Å². The van der Waals surface area contributed by atoms with Crippen LogP contribution in [0.1, 0.15) is 37.0 Å². The first-order valence-corrected chi connectivity index (χ1v) is 6.69. The lowest BCUT2D eigenvalue weighted by atomic mass is 9.80. The Morgan fingerprint density at radius 3 is 2.06 bits per heavy atom. The Labute approximate surface area is 111 Å². The second kappa shape index (κ2) is 5.39. The smallest absolute Gasteiger partial charge is 0.0100 e. The van der Waals surface area contributed by atoms with E-state index in [2.05, 4.69) is 75.4 Å². The van der Waals surface area contributed by atoms with Crippen LogP contribution >= 0.6 is 0 Å². The average Bonchev–Trinajstić information content (AvgIpc) is 2.39. The predicted octanol–water partition coefficient (Wildman–Crippen LogP) is 4.91. The van der Waals surface area contributed by atoms with Crippen molar-refractivity contribution in [2.24, 2.45) is 0 Å². The van der Waals surface area contributed by atoms with E-state index in [1.165, 1.54) is 23.1 Å². The summed E-state index contributed by atoms with van der Waals surface area (Å²) in [5, 5.41) is 0. The van der Waals surface area contributed by atoms with E-state index >= 15 is 0 Å². The molecule has 0 nitrogen and oxygen atoms in total. The first-order valence-electron chi connectivity index (χ1n) is 6.69. The van der Waals surface area contributed by atoms with Gasteiger partial charge in [-0.05, 0) is 36.3 Å². The van der Waals surface area contributed by atoms with Crippen molar-refractivity contribution in [2.45, 2.75) is 39.0 Å². The molecule has 0 saturated heterocycles. The third-order valence-electron chi connectivity index (χ3n) is 3.71. The third kappa shape index (κ3) is 3.22. The number of hydrogen-bond acceptors (Lipinski definition) is 0. The molecule has 0 heterocycles. The van der Waals surface area contributed by atoms with Gasteiger partial charge in [0.2, 0.25) is 0 Å². The minimum Gasteiger partial charge on any atom is -0.0622 e. The second-order valence-electron chi connectivity index (χ2n) is 5.74. The van der Waals surface area contributed by atoms with Crippen molar-refractivity contribution in [1.82, 2.24) is 0 Å². The molecular weight excluding hydrogens is 216 g/mol. The molecular formula is C18H22. The van der Waals surface area contributed by atoms with E-state index in [1.807, 2.05) is 0 Å². The zero-order valence-corrected chi connectivity index (χ0v) is 11.6. The summed E-state index contributed by atoms with van der Waals surface area (Å²) in [6, 6.07) is 19.7. The van der Waals surface area contributed by atoms with Gasteiger partial charge in [0.1, 0.15) is 0 Å². The Morgan fingerprint density at radius 2 is 1.44 bits per heavy atom. The highest BCUT2D eigenvalue weighted by Crippen LogP contribution is 2.28. The van der Waals surface area contributed by atoms with Gasteiger partial charge in [0.15, 0.2) is 0 Å². The summed E-state index contributed by atoms with van der Waals surface area (Å²) in [6.07, 6.45) is 2.32. The summed E-state index contributed by atoms with van der Waals surface area (Å²) in [7, 11) is 0. The highest BCUT2D eigenvalue weighted by atomic mass is 14.2. The number of rotatable bonds is 4. The molecule has 0 fully saturated rings. The minimum atomic E-state index is 0.242. The Hall–Kier alpha value is -1.56. The molecule has 0 saturated carbocycles. The van der Waals surface area contributed by atoms with Gasteiger partial charge in [-0.1, -0.05) is 74.0 Å². The van der Waals surface area contributed by atoms with Crippen LogP contribution in [0.15, 0.2) is 54.6 Å². The van der Waals surface area contributed by atoms with Gasteiger partial charge in [0.05, 0.1) is 0 Å². The van der Waals surface area contributed by atoms with Gasteiger partial charge in [-0.3, -0.25) is 0 Å². The van der Waals surface area contributed by atoms with E-state index in [1.54, 1.807) is 0 Å². The largest absolute Gasteiger partial charge is 0.0622 e. The molecule has 2 aromatic carbocycles. The van der Waals surface area contributed by atoms with Crippen molar-refractivity contribution in [2.75, 3.05) is 0 Å². The highest BCUT2D eigenvalue weighted by molar-refractivity contribution is 5.25. The van der Waals surface area contributed by atoms with Crippen LogP contribution in [0.5, 0.6) is 0 Å². The topological polar surface area (TPSA) is 0 Å². The molecule has 0 bridgehead atoms. The van der Waals surface area contributed by atoms with Crippen molar-refractivity contribution >= 4 is 0 Å². The van der Waals surface area contributed by atoms with Crippen LogP contribution in [0.4, 0.5) is 0 Å². The first-order chi connectivity index (χ1) is 8.58. The monoisotopic (exact) mass is 238 g/mol. The molecule has 0 aromatic heterocycles. The molecule has 0 spiro atoms. The van der Waals surface area contributed by atoms with Crippen LogP contribution in [0.3, 0.4) is 0 Å². The maximum atomic E-state index is 2.33. The normalized spacial score (nSPS) is 11.5. The van der Waals surface area contributed by atoms with Crippen LogP contribution in [0.2, 0.25) is 0 Å². The Bertz CT molecular complexity index is 477. The number of benzene rings is 2. The van der Waals surface area contributed by atoms with Crippen molar-refractivity contribution in [3.8, 4) is 0 Å². The zero-order valence-electron chi connectivity index (χ0n) is 11.6. The summed E-state index contributed by atoms with van der Waals surface area (Å²) >= 11 is 0. The molecule has 0 radical (unpaired) electrons. The van der Waals surface area contributed by atoms with Crippen molar-refractivity contribution in [1.29, 1.82) is 0 Å². The lowest BCUT2D eigenvalue weighted by Gasteiger charge is -2.25. The Balaban J connectivity index is 2.03. The van der Waals surface area contributed by atoms with Crippen molar-refractivity contribution in [3.05, 3.63) is 71.3 Å². The summed E-state index contributed by atoms with van der Waals surface area (Å²) in [6.45, 7) is 6.80. The predicted molar refractivity (Wildman–Crippen MR) is 79.0 cm³/mol. The Morgan fingerprint density at radius 1 is 0.833 bits per heavy atom. The molecule has 0 aliphatic carbocycles. The quantitative estimate of drug-likeness (QED) is 0.710. The van der Waals surface area contributed by atoms with Crippen LogP contribution in [0, 0.1) is 6.92 Å². The molecule has 0 unspecified atom stereocenters. The van der Waals surface area contributed by atoms with Crippen LogP contribution < -0.4 is 0 Å². The molecule has 2 aromatic rings. The van der Waals surface area contributed by atoms with Crippen molar-refractivity contribution < 1.29 is 0 Å². The van der Waals surface area contributed by atoms with Crippen LogP contribution in [-0.4, -0.2) is 0 Å². The van der Waals surface area contributed by atoms with Gasteiger partial charge < -0.3 is 0 Å². The van der Waals surface area contributed by atoms with Gasteiger partial charge in [-0.2, -0.15) is 0 Å². The summed E-state index contributed by atoms with van der Waals surface area (Å²) in [5.41, 5.74) is 4.44. The second-order valence-corrected chi connectivity index (χ2v) is 5.74. The molecule has 0 aliphatic heterocycles. The van der Waals surface area contributed by atoms with E-state index < -0.39 is 0 Å². The molecule has 94 valence electrons. The fourth-order valence-electron chi connectivity index (χ4n) is 2.25. The maximum absolute atomic E-state index is 2.33. The molecule has 0 atom stereocenters. The van der Waals surface area contributed by atoms with E-state index in [9.17, 15) is 0 Å². The molecule has 0 amide bonds. The SMILES string of the molecule is Cc1ccc(CCC(C)(C)c2ccccc2)cc1. The fraction of sp³-hybridized carbons (Fsp3) is 0.333. The number of hydrogen-bond donors (Lipinski definition) is 0. The van der Waals surface area contributed by atoms with Crippen LogP contribution in [-0.2, 0) is 11.8 Å². The van der Waals surface area contributed by atoms with E-state index in [0.29, 0.717) is 0 Å². The van der Waals surface area contributed by atoms with Crippen molar-refractivity contribution in [3.63, 3.8) is 0 Å². The van der Waals surface area contributed by atoms with Gasteiger partial charge >= 0.3 is 0 Å². The average molecular weight is 238 g/mol. The standard InChI is InChI=1S/C18H22/c1-15-9-11-16(12-10-15)13-14-18(2,3)17-7-5-4-6-8-17/h4-12H,13-14H2,1-3H3. The molecule has 0 heteroatoms. The molecule has 0 N–H and O–H groups in total. The summed E-state index contributed by atoms with van der Waals surface area (Å²) in [4.78, 5) is 0. The lowest BCUT2D eigenvalue weighted by Crippen LogP contribution is -2.17. The van der Waals surface area contributed by atoms with Gasteiger partial charge in [0, 0.05) is 0 Å². The fourth-order valence-corrected chi connectivity index (χ4v) is 2.25. The molecule has 18 heavy (non-hydrogen) atoms. The maximum Gasteiger partial charge on any atom is -0.0100 e. The summed E-state index contributed by atoms with van der Waals surface area (Å²) in [5.74, 6) is 0. The first kappa shape index (κ1) is 12.9. The lowest BCUT2D eigenvalue weighted by molar-refractivity contribution is 0.480. The van der Waals surface area contributed by atoms with Gasteiger partial charge in [-0.15, -0.1) is 0 Å². The van der Waals surface area contributed by atoms with Crippen LogP contribution in [0.25, 0.3) is 0 Å². The van der Waals surface area contributed by atoms with Gasteiger partial charge in [-0.25, -0.2) is 0 Å². The third-order valence-corrected chi connectivity index (χ3v) is 3.71. The summed E-state index contributed by atoms with van der Waals surface area (Å²) < 4.78 is 0.